The van der Waals surface area contributed by atoms with Gasteiger partial charge >= 0.3 is 0 Å². The Bertz CT molecular complexity index is 1380. The number of nitrogens with one attached hydrogen (secondary N) is 3. The molecule has 0 saturated heterocycles. The average molecular weight is 507 g/mol. The third-order valence-corrected chi connectivity index (χ3v) is 7.06. The van der Waals surface area contributed by atoms with E-state index in [0.29, 0.717) is 5.69 Å². The van der Waals surface area contributed by atoms with Crippen molar-refractivity contribution in [3.63, 3.8) is 0 Å². The van der Waals surface area contributed by atoms with Gasteiger partial charge in [-0.05, 0) is 42.5 Å². The van der Waals surface area contributed by atoms with Gasteiger partial charge in [0, 0.05) is 43.2 Å². The lowest BCUT2D eigenvalue weighted by Gasteiger charge is -2.09. The monoisotopic (exact) mass is 506 g/mol. The molecule has 3 rings (SSSR count). The summed E-state index contributed by atoms with van der Waals surface area (Å²) in [4.78, 5) is 29.4. The van der Waals surface area contributed by atoms with Crippen molar-refractivity contribution >= 4 is 43.3 Å². The lowest BCUT2D eigenvalue weighted by atomic mass is 10.3. The number of nitrogens with zero attached hydrogens (tertiary/aromatic N) is 3. The molecular formula is C19H18N6O7S2. The number of hydrogen-bond acceptors (Lipinski definition) is 9. The van der Waals surface area contributed by atoms with Gasteiger partial charge in [-0.2, -0.15) is 0 Å². The molecule has 15 heteroatoms. The molecule has 1 heterocycles. The summed E-state index contributed by atoms with van der Waals surface area (Å²) in [5.41, 5.74) is 0.0551. The van der Waals surface area contributed by atoms with Crippen molar-refractivity contribution in [1.82, 2.24) is 14.7 Å². The molecule has 1 amide bonds. The van der Waals surface area contributed by atoms with E-state index < -0.39 is 30.9 Å². The van der Waals surface area contributed by atoms with Crippen LogP contribution in [0.25, 0.3) is 0 Å². The van der Waals surface area contributed by atoms with Crippen LogP contribution in [0.15, 0.2) is 76.8 Å². The first kappa shape index (κ1) is 24.7. The van der Waals surface area contributed by atoms with E-state index in [0.717, 1.165) is 24.3 Å². The number of carbonyl (C=O) groups is 1. The van der Waals surface area contributed by atoms with Crippen molar-refractivity contribution < 1.29 is 26.6 Å². The number of nitro groups is 1. The molecule has 2 aromatic carbocycles. The molecule has 0 aliphatic rings. The topological polar surface area (TPSA) is 190 Å². The van der Waals surface area contributed by atoms with E-state index in [1.165, 1.54) is 42.7 Å². The Morgan fingerprint density at radius 3 is 2.03 bits per heavy atom. The predicted octanol–water partition coefficient (Wildman–Crippen LogP) is 1.49. The summed E-state index contributed by atoms with van der Waals surface area (Å²) >= 11 is 0. The summed E-state index contributed by atoms with van der Waals surface area (Å²) in [6.07, 6.45) is 2.56. The zero-order chi connectivity index (χ0) is 24.8. The fourth-order valence-electron chi connectivity index (χ4n) is 2.60. The van der Waals surface area contributed by atoms with Gasteiger partial charge in [-0.15, -0.1) is 0 Å². The van der Waals surface area contributed by atoms with Crippen LogP contribution in [0, 0.1) is 10.1 Å². The number of benzene rings is 2. The second kappa shape index (κ2) is 10.3. The maximum absolute atomic E-state index is 12.4. The molecule has 1 aromatic heterocycles. The first-order chi connectivity index (χ1) is 16.1. The van der Waals surface area contributed by atoms with E-state index >= 15 is 0 Å². The molecule has 34 heavy (non-hydrogen) atoms. The fourth-order valence-corrected chi connectivity index (χ4v) is 4.59. The Morgan fingerprint density at radius 2 is 1.44 bits per heavy atom. The van der Waals surface area contributed by atoms with E-state index in [9.17, 15) is 31.7 Å². The van der Waals surface area contributed by atoms with Gasteiger partial charge in [-0.25, -0.2) is 36.2 Å². The van der Waals surface area contributed by atoms with E-state index in [1.54, 1.807) is 0 Å². The summed E-state index contributed by atoms with van der Waals surface area (Å²) in [6.45, 7) is -0.224. The van der Waals surface area contributed by atoms with Crippen molar-refractivity contribution in [3.8, 4) is 0 Å². The number of non-ortho nitro benzene ring substituents is 1. The predicted molar refractivity (Wildman–Crippen MR) is 121 cm³/mol. The van der Waals surface area contributed by atoms with Crippen molar-refractivity contribution in [2.75, 3.05) is 16.6 Å². The largest absolute Gasteiger partial charge is 0.326 e. The van der Waals surface area contributed by atoms with E-state index in [-0.39, 0.29) is 34.4 Å². The summed E-state index contributed by atoms with van der Waals surface area (Å²) in [5.74, 6) is -0.603. The number of nitro benzene ring substituents is 1. The Labute approximate surface area is 194 Å². The molecule has 13 nitrogen and oxygen atoms in total. The number of carbonyl (C=O) groups excluding carboxylic acids is 1. The number of hydrogen-bond donors (Lipinski definition) is 3. The molecular weight excluding hydrogens is 488 g/mol. The van der Waals surface area contributed by atoms with Crippen LogP contribution in [-0.4, -0.2) is 44.2 Å². The van der Waals surface area contributed by atoms with Crippen LogP contribution >= 0.6 is 0 Å². The average Bonchev–Trinajstić information content (AvgIpc) is 2.80. The summed E-state index contributed by atoms with van der Waals surface area (Å²) in [6, 6.07) is 11.1. The molecule has 0 fully saturated rings. The summed E-state index contributed by atoms with van der Waals surface area (Å²) in [5, 5.41) is 13.2. The molecule has 0 spiro atoms. The van der Waals surface area contributed by atoms with Gasteiger partial charge in [0.25, 0.3) is 15.7 Å². The molecule has 0 aliphatic carbocycles. The molecule has 178 valence electrons. The Hall–Kier alpha value is -3.95. The maximum Gasteiger partial charge on any atom is 0.269 e. The van der Waals surface area contributed by atoms with E-state index in [2.05, 4.69) is 24.7 Å². The van der Waals surface area contributed by atoms with Gasteiger partial charge < -0.3 is 5.32 Å². The van der Waals surface area contributed by atoms with Crippen molar-refractivity contribution in [2.45, 2.75) is 16.2 Å². The molecule has 3 N–H and O–H groups in total. The minimum atomic E-state index is -3.96. The highest BCUT2D eigenvalue weighted by molar-refractivity contribution is 7.92. The van der Waals surface area contributed by atoms with Crippen LogP contribution in [0.4, 0.5) is 17.3 Å². The van der Waals surface area contributed by atoms with Crippen LogP contribution in [0.2, 0.25) is 0 Å². The molecule has 0 unspecified atom stereocenters. The van der Waals surface area contributed by atoms with Crippen molar-refractivity contribution in [3.05, 3.63) is 77.1 Å². The SMILES string of the molecule is O=C(CCNS(=O)(=O)c1ccc([N+](=O)[O-])cc1)Nc1ccc(S(=O)(=O)Nc2ncccn2)cc1. The zero-order valence-electron chi connectivity index (χ0n) is 17.3. The van der Waals surface area contributed by atoms with Gasteiger partial charge in [-0.1, -0.05) is 0 Å². The van der Waals surface area contributed by atoms with Crippen molar-refractivity contribution in [2.24, 2.45) is 0 Å². The Kier molecular flexibility index (Phi) is 7.50. The summed E-state index contributed by atoms with van der Waals surface area (Å²) in [7, 11) is -7.88. The minimum Gasteiger partial charge on any atom is -0.326 e. The maximum atomic E-state index is 12.4. The number of amides is 1. The number of aromatic nitrogens is 2. The highest BCUT2D eigenvalue weighted by Crippen LogP contribution is 2.17. The van der Waals surface area contributed by atoms with Crippen LogP contribution in [0.3, 0.4) is 0 Å². The third-order valence-electron chi connectivity index (χ3n) is 4.24. The Morgan fingerprint density at radius 1 is 0.882 bits per heavy atom. The molecule has 0 aliphatic heterocycles. The lowest BCUT2D eigenvalue weighted by Crippen LogP contribution is -2.27. The standard InChI is InChI=1S/C19H18N6O7S2/c26-18(10-13-22-33(29,30)16-8-4-15(5-9-16)25(27)28)23-14-2-6-17(7-3-14)34(31,32)24-19-20-11-1-12-21-19/h1-9,11-12,22H,10,13H2,(H,23,26)(H,20,21,24). The van der Waals surface area contributed by atoms with Gasteiger partial charge in [0.2, 0.25) is 21.9 Å². The Balaban J connectivity index is 1.52. The minimum absolute atomic E-state index is 0.0752. The fraction of sp³-hybridized carbons (Fsp3) is 0.105. The highest BCUT2D eigenvalue weighted by Gasteiger charge is 2.17. The third kappa shape index (κ3) is 6.53. The lowest BCUT2D eigenvalue weighted by molar-refractivity contribution is -0.384. The molecule has 0 saturated carbocycles. The highest BCUT2D eigenvalue weighted by atomic mass is 32.2. The zero-order valence-corrected chi connectivity index (χ0v) is 18.9. The molecule has 0 bridgehead atoms. The normalized spacial score (nSPS) is 11.5. The second-order valence-corrected chi connectivity index (χ2v) is 10.1. The molecule has 3 aromatic rings. The quantitative estimate of drug-likeness (QED) is 0.270. The smallest absolute Gasteiger partial charge is 0.269 e. The van der Waals surface area contributed by atoms with Gasteiger partial charge in [-0.3, -0.25) is 14.9 Å². The van der Waals surface area contributed by atoms with E-state index in [4.69, 9.17) is 0 Å². The number of sulfonamides is 2. The van der Waals surface area contributed by atoms with Gasteiger partial charge in [0.15, 0.2) is 0 Å². The molecule has 0 radical (unpaired) electrons. The first-order valence-electron chi connectivity index (χ1n) is 9.51. The first-order valence-corrected chi connectivity index (χ1v) is 12.5. The molecule has 0 atom stereocenters. The van der Waals surface area contributed by atoms with Crippen LogP contribution in [0.5, 0.6) is 0 Å². The van der Waals surface area contributed by atoms with Crippen LogP contribution in [0.1, 0.15) is 6.42 Å². The van der Waals surface area contributed by atoms with Crippen LogP contribution < -0.4 is 14.8 Å². The number of rotatable bonds is 10. The van der Waals surface area contributed by atoms with E-state index in [1.807, 2.05) is 0 Å². The van der Waals surface area contributed by atoms with Crippen molar-refractivity contribution in [1.29, 1.82) is 0 Å². The van der Waals surface area contributed by atoms with Gasteiger partial charge in [0.05, 0.1) is 14.7 Å². The van der Waals surface area contributed by atoms with Gasteiger partial charge in [0.1, 0.15) is 0 Å². The summed E-state index contributed by atoms with van der Waals surface area (Å²) < 4.78 is 53.6. The number of anilines is 2. The van der Waals surface area contributed by atoms with Crippen LogP contribution in [-0.2, 0) is 24.8 Å². The second-order valence-electron chi connectivity index (χ2n) is 6.65.